The summed E-state index contributed by atoms with van der Waals surface area (Å²) in [7, 11) is 0. The van der Waals surface area contributed by atoms with E-state index in [0.717, 1.165) is 11.1 Å². The number of nitrogens with zero attached hydrogens (tertiary/aromatic N) is 1. The molecule has 0 atom stereocenters. The Morgan fingerprint density at radius 3 is 2.48 bits per heavy atom. The minimum Gasteiger partial charge on any atom is -0.383 e. The lowest BCUT2D eigenvalue weighted by Gasteiger charge is -2.12. The van der Waals surface area contributed by atoms with Crippen molar-refractivity contribution < 1.29 is 4.79 Å². The highest BCUT2D eigenvalue weighted by molar-refractivity contribution is 7.82. The van der Waals surface area contributed by atoms with E-state index in [4.69, 9.17) is 17.5 Å². The molecule has 0 unspecified atom stereocenters. The second-order valence-electron chi connectivity index (χ2n) is 5.82. The van der Waals surface area contributed by atoms with Gasteiger partial charge in [0.15, 0.2) is 4.99 Å². The number of nitriles is 1. The van der Waals surface area contributed by atoms with Crippen LogP contribution in [0.3, 0.4) is 0 Å². The lowest BCUT2D eigenvalue weighted by atomic mass is 10.1. The number of benzene rings is 3. The Morgan fingerprint density at radius 1 is 0.926 bits per heavy atom. The number of nitrogens with one attached hydrogen (secondary N) is 3. The van der Waals surface area contributed by atoms with Crippen LogP contribution < -0.4 is 16.0 Å². The highest BCUT2D eigenvalue weighted by atomic mass is 32.1. The van der Waals surface area contributed by atoms with Crippen LogP contribution in [-0.4, -0.2) is 24.0 Å². The van der Waals surface area contributed by atoms with Gasteiger partial charge >= 0.3 is 0 Å². The smallest absolute Gasteiger partial charge is 0.283 e. The lowest BCUT2D eigenvalue weighted by Crippen LogP contribution is -2.36. The normalized spacial score (nSPS) is 10.0. The zero-order chi connectivity index (χ0) is 19.1. The minimum atomic E-state index is -0.433. The van der Waals surface area contributed by atoms with E-state index in [9.17, 15) is 4.79 Å². The van der Waals surface area contributed by atoms with Crippen molar-refractivity contribution in [3.8, 4) is 6.07 Å². The van der Waals surface area contributed by atoms with Gasteiger partial charge in [-0.05, 0) is 23.6 Å². The monoisotopic (exact) mass is 374 g/mol. The molecule has 134 valence electrons. The molecule has 0 bridgehead atoms. The highest BCUT2D eigenvalue weighted by Crippen LogP contribution is 2.22. The highest BCUT2D eigenvalue weighted by Gasteiger charge is 2.11. The largest absolute Gasteiger partial charge is 0.383 e. The molecular formula is C21H18N4OS. The number of thiocarbonyl (C=S) groups is 1. The lowest BCUT2D eigenvalue weighted by molar-refractivity contribution is -0.110. The summed E-state index contributed by atoms with van der Waals surface area (Å²) >= 11 is 5.13. The molecule has 6 heteroatoms. The van der Waals surface area contributed by atoms with Gasteiger partial charge in [-0.3, -0.25) is 4.79 Å². The van der Waals surface area contributed by atoms with Crippen LogP contribution in [0.25, 0.3) is 10.8 Å². The van der Waals surface area contributed by atoms with Crippen molar-refractivity contribution >= 4 is 45.3 Å². The third kappa shape index (κ3) is 4.60. The van der Waals surface area contributed by atoms with E-state index in [0.29, 0.717) is 24.3 Å². The predicted molar refractivity (Wildman–Crippen MR) is 113 cm³/mol. The molecule has 0 aliphatic carbocycles. The second-order valence-corrected chi connectivity index (χ2v) is 6.23. The zero-order valence-corrected chi connectivity index (χ0v) is 15.3. The Kier molecular flexibility index (Phi) is 5.98. The summed E-state index contributed by atoms with van der Waals surface area (Å²) in [6.45, 7) is 1.10. The van der Waals surface area contributed by atoms with Gasteiger partial charge in [0.25, 0.3) is 5.91 Å². The first-order valence-corrected chi connectivity index (χ1v) is 8.90. The number of hydrogen-bond donors (Lipinski definition) is 3. The first kappa shape index (κ1) is 18.4. The summed E-state index contributed by atoms with van der Waals surface area (Å²) in [5.74, 6) is -0.433. The number of rotatable bonds is 5. The van der Waals surface area contributed by atoms with Crippen LogP contribution in [0.2, 0.25) is 0 Å². The molecule has 0 spiro atoms. The van der Waals surface area contributed by atoms with Gasteiger partial charge < -0.3 is 16.0 Å². The Balaban J connectivity index is 1.51. The molecule has 5 nitrogen and oxygen atoms in total. The Bertz CT molecular complexity index is 1020. The van der Waals surface area contributed by atoms with Crippen molar-refractivity contribution in [2.24, 2.45) is 0 Å². The van der Waals surface area contributed by atoms with E-state index in [2.05, 4.69) is 34.1 Å². The summed E-state index contributed by atoms with van der Waals surface area (Å²) < 4.78 is 0. The van der Waals surface area contributed by atoms with Crippen LogP contribution in [0, 0.1) is 11.3 Å². The number of carbonyl (C=O) groups excluding carboxylic acids is 1. The van der Waals surface area contributed by atoms with Gasteiger partial charge in [0, 0.05) is 24.2 Å². The zero-order valence-electron chi connectivity index (χ0n) is 14.5. The third-order valence-corrected chi connectivity index (χ3v) is 4.35. The average molecular weight is 374 g/mol. The van der Waals surface area contributed by atoms with Gasteiger partial charge in [0.1, 0.15) is 6.07 Å². The van der Waals surface area contributed by atoms with E-state index >= 15 is 0 Å². The van der Waals surface area contributed by atoms with E-state index in [1.54, 1.807) is 24.3 Å². The quantitative estimate of drug-likeness (QED) is 0.469. The van der Waals surface area contributed by atoms with E-state index < -0.39 is 5.91 Å². The Hall–Kier alpha value is -3.43. The fourth-order valence-electron chi connectivity index (χ4n) is 2.70. The molecule has 3 rings (SSSR count). The van der Waals surface area contributed by atoms with Crippen molar-refractivity contribution in [2.45, 2.75) is 0 Å². The Labute approximate surface area is 163 Å². The van der Waals surface area contributed by atoms with Crippen LogP contribution in [0.15, 0.2) is 66.7 Å². The summed E-state index contributed by atoms with van der Waals surface area (Å²) in [6.07, 6.45) is 0. The molecule has 0 fully saturated rings. The molecular weight excluding hydrogens is 356 g/mol. The molecule has 0 aromatic heterocycles. The van der Waals surface area contributed by atoms with Crippen molar-refractivity contribution in [2.75, 3.05) is 23.7 Å². The van der Waals surface area contributed by atoms with Gasteiger partial charge in [0.2, 0.25) is 0 Å². The summed E-state index contributed by atoms with van der Waals surface area (Å²) in [5.41, 5.74) is 1.88. The molecule has 3 aromatic rings. The van der Waals surface area contributed by atoms with Gasteiger partial charge in [-0.2, -0.15) is 5.26 Å². The molecule has 0 saturated heterocycles. The van der Waals surface area contributed by atoms with Crippen LogP contribution >= 0.6 is 12.2 Å². The third-order valence-electron chi connectivity index (χ3n) is 4.02. The number of anilines is 2. The fraction of sp³-hybridized carbons (Fsp3) is 0.0952. The predicted octanol–water partition coefficient (Wildman–Crippen LogP) is 3.68. The standard InChI is InChI=1S/C21H18N4OS/c22-14-16-7-2-4-10-18(16)25-20(26)21(27)24-13-12-23-19-11-5-8-15-6-1-3-9-17(15)19/h1-11,23H,12-13H2,(H,24,27)(H,25,26). The van der Waals surface area contributed by atoms with Crippen LogP contribution in [0.4, 0.5) is 11.4 Å². The van der Waals surface area contributed by atoms with Crippen LogP contribution in [0.1, 0.15) is 5.56 Å². The summed E-state index contributed by atoms with van der Waals surface area (Å²) in [6, 6.07) is 23.1. The first-order valence-electron chi connectivity index (χ1n) is 8.49. The molecule has 27 heavy (non-hydrogen) atoms. The molecule has 0 radical (unpaired) electrons. The molecule has 3 aromatic carbocycles. The number of amides is 1. The van der Waals surface area contributed by atoms with Crippen molar-refractivity contribution in [1.82, 2.24) is 5.32 Å². The number of carbonyl (C=O) groups is 1. The number of para-hydroxylation sites is 1. The van der Waals surface area contributed by atoms with Crippen molar-refractivity contribution in [3.63, 3.8) is 0 Å². The van der Waals surface area contributed by atoms with Crippen LogP contribution in [-0.2, 0) is 4.79 Å². The molecule has 0 aliphatic rings. The van der Waals surface area contributed by atoms with Gasteiger partial charge in [-0.1, -0.05) is 60.7 Å². The van der Waals surface area contributed by atoms with Crippen LogP contribution in [0.5, 0.6) is 0 Å². The van der Waals surface area contributed by atoms with Crippen molar-refractivity contribution in [1.29, 1.82) is 5.26 Å². The topological polar surface area (TPSA) is 77.0 Å². The van der Waals surface area contributed by atoms with Gasteiger partial charge in [-0.15, -0.1) is 0 Å². The van der Waals surface area contributed by atoms with Crippen molar-refractivity contribution in [3.05, 3.63) is 72.3 Å². The minimum absolute atomic E-state index is 0.0856. The second kappa shape index (κ2) is 8.79. The molecule has 3 N–H and O–H groups in total. The maximum Gasteiger partial charge on any atom is 0.283 e. The SMILES string of the molecule is N#Cc1ccccc1NC(=O)C(=S)NCCNc1cccc2ccccc12. The average Bonchev–Trinajstić information content (AvgIpc) is 2.71. The number of fused-ring (bicyclic) bond motifs is 1. The van der Waals surface area contributed by atoms with Gasteiger partial charge in [-0.25, -0.2) is 0 Å². The van der Waals surface area contributed by atoms with E-state index in [-0.39, 0.29) is 4.99 Å². The summed E-state index contributed by atoms with van der Waals surface area (Å²) in [4.78, 5) is 12.3. The fourth-order valence-corrected chi connectivity index (χ4v) is 2.85. The maximum atomic E-state index is 12.2. The summed E-state index contributed by atoms with van der Waals surface area (Å²) in [5, 5.41) is 20.3. The molecule has 0 saturated carbocycles. The first-order chi connectivity index (χ1) is 13.2. The van der Waals surface area contributed by atoms with Gasteiger partial charge in [0.05, 0.1) is 11.3 Å². The molecule has 0 heterocycles. The number of hydrogen-bond acceptors (Lipinski definition) is 4. The molecule has 0 aliphatic heterocycles. The van der Waals surface area contributed by atoms with E-state index in [1.807, 2.05) is 30.3 Å². The Morgan fingerprint density at radius 2 is 1.63 bits per heavy atom. The molecule has 1 amide bonds. The van der Waals surface area contributed by atoms with E-state index in [1.165, 1.54) is 5.39 Å². The maximum absolute atomic E-state index is 12.2.